The highest BCUT2D eigenvalue weighted by Crippen LogP contribution is 2.33. The van der Waals surface area contributed by atoms with E-state index in [4.69, 9.17) is 44.3 Å². The molecule has 28 heavy (non-hydrogen) atoms. The highest BCUT2D eigenvalue weighted by molar-refractivity contribution is 6.43. The van der Waals surface area contributed by atoms with Gasteiger partial charge in [0.1, 0.15) is 5.75 Å². The van der Waals surface area contributed by atoms with Gasteiger partial charge in [0, 0.05) is 11.8 Å². The predicted octanol–water partition coefficient (Wildman–Crippen LogP) is 5.64. The van der Waals surface area contributed by atoms with Gasteiger partial charge in [0.2, 0.25) is 0 Å². The number of rotatable bonds is 7. The molecule has 0 saturated carbocycles. The van der Waals surface area contributed by atoms with Crippen molar-refractivity contribution in [2.75, 3.05) is 18.5 Å². The lowest BCUT2D eigenvalue weighted by atomic mass is 9.98. The van der Waals surface area contributed by atoms with E-state index in [0.717, 1.165) is 16.8 Å². The van der Waals surface area contributed by atoms with Gasteiger partial charge in [-0.25, -0.2) is 4.79 Å². The molecule has 2 aromatic rings. The number of aryl methyl sites for hydroxylation is 1. The molecule has 0 atom stereocenters. The molecule has 1 N–H and O–H groups in total. The van der Waals surface area contributed by atoms with Crippen molar-refractivity contribution in [1.82, 2.24) is 0 Å². The number of carbonyl (C=O) groups is 2. The van der Waals surface area contributed by atoms with Crippen LogP contribution in [0, 0.1) is 6.92 Å². The molecule has 0 aliphatic carbocycles. The summed E-state index contributed by atoms with van der Waals surface area (Å²) in [5.41, 5.74) is 2.68. The Bertz CT molecular complexity index is 884. The van der Waals surface area contributed by atoms with Gasteiger partial charge in [-0.3, -0.25) is 4.79 Å². The number of nitrogens with one attached hydrogen (secondary N) is 1. The molecule has 2 rings (SSSR count). The topological polar surface area (TPSA) is 64.6 Å². The Morgan fingerprint density at radius 1 is 1.04 bits per heavy atom. The number of hydrogen-bond donors (Lipinski definition) is 1. The fourth-order valence-corrected chi connectivity index (χ4v) is 3.05. The van der Waals surface area contributed by atoms with E-state index in [9.17, 15) is 9.59 Å². The number of anilines is 1. The summed E-state index contributed by atoms with van der Waals surface area (Å²) in [6.07, 6.45) is 0. The Morgan fingerprint density at radius 3 is 2.39 bits per heavy atom. The second kappa shape index (κ2) is 10.0. The lowest BCUT2D eigenvalue weighted by molar-refractivity contribution is -0.149. The summed E-state index contributed by atoms with van der Waals surface area (Å²) in [5.74, 6) is -0.718. The first-order chi connectivity index (χ1) is 13.2. The van der Waals surface area contributed by atoms with E-state index in [1.165, 1.54) is 12.1 Å². The van der Waals surface area contributed by atoms with Crippen LogP contribution >= 0.6 is 34.8 Å². The lowest BCUT2D eigenvalue weighted by Gasteiger charge is -2.16. The van der Waals surface area contributed by atoms with Crippen LogP contribution in [0.5, 0.6) is 5.75 Å². The molecule has 0 heterocycles. The molecule has 0 unspecified atom stereocenters. The molecule has 0 saturated heterocycles. The third kappa shape index (κ3) is 6.03. The number of amides is 1. The number of carbonyl (C=O) groups excluding carboxylic acids is 2. The average molecular weight is 445 g/mol. The summed E-state index contributed by atoms with van der Waals surface area (Å²) in [4.78, 5) is 24.0. The Labute approximate surface area is 178 Å². The Balaban J connectivity index is 1.88. The van der Waals surface area contributed by atoms with Crippen molar-refractivity contribution in [2.24, 2.45) is 0 Å². The number of benzene rings is 2. The number of hydrogen-bond acceptors (Lipinski definition) is 4. The van der Waals surface area contributed by atoms with E-state index in [0.29, 0.717) is 0 Å². The van der Waals surface area contributed by atoms with Crippen molar-refractivity contribution in [3.63, 3.8) is 0 Å². The van der Waals surface area contributed by atoms with Gasteiger partial charge in [-0.15, -0.1) is 0 Å². The van der Waals surface area contributed by atoms with Crippen LogP contribution in [0.15, 0.2) is 30.3 Å². The smallest absolute Gasteiger partial charge is 0.344 e. The summed E-state index contributed by atoms with van der Waals surface area (Å²) in [6.45, 7) is 5.13. The molecule has 0 spiro atoms. The normalized spacial score (nSPS) is 10.7. The second-order valence-corrected chi connectivity index (χ2v) is 7.61. The van der Waals surface area contributed by atoms with Crippen molar-refractivity contribution in [3.05, 3.63) is 56.5 Å². The standard InChI is InChI=1S/C20H20Cl3NO4/c1-11(2)13-6-4-5-12(3)20(13)24-18(25)9-28-19(26)10-27-17-8-15(22)14(21)7-16(17)23/h4-8,11H,9-10H2,1-3H3,(H,24,25). The van der Waals surface area contributed by atoms with Crippen molar-refractivity contribution in [1.29, 1.82) is 0 Å². The summed E-state index contributed by atoms with van der Waals surface area (Å²) in [5, 5.41) is 3.53. The van der Waals surface area contributed by atoms with Crippen LogP contribution in [-0.2, 0) is 14.3 Å². The molecule has 0 fully saturated rings. The van der Waals surface area contributed by atoms with Crippen molar-refractivity contribution >= 4 is 52.4 Å². The first-order valence-corrected chi connectivity index (χ1v) is 9.64. The third-order valence-corrected chi connectivity index (χ3v) is 4.89. The van der Waals surface area contributed by atoms with E-state index in [1.54, 1.807) is 0 Å². The molecule has 0 aromatic heterocycles. The van der Waals surface area contributed by atoms with Crippen molar-refractivity contribution in [2.45, 2.75) is 26.7 Å². The van der Waals surface area contributed by atoms with Crippen LogP contribution in [0.1, 0.15) is 30.9 Å². The monoisotopic (exact) mass is 443 g/mol. The molecule has 0 aliphatic heterocycles. The maximum Gasteiger partial charge on any atom is 0.344 e. The van der Waals surface area contributed by atoms with Gasteiger partial charge >= 0.3 is 5.97 Å². The van der Waals surface area contributed by atoms with E-state index in [1.807, 2.05) is 39.0 Å². The first kappa shape index (κ1) is 22.3. The Kier molecular flexibility index (Phi) is 7.98. The van der Waals surface area contributed by atoms with Gasteiger partial charge in [0.15, 0.2) is 13.2 Å². The molecule has 2 aromatic carbocycles. The van der Waals surface area contributed by atoms with Gasteiger partial charge in [-0.1, -0.05) is 66.8 Å². The van der Waals surface area contributed by atoms with Crippen LogP contribution in [0.25, 0.3) is 0 Å². The van der Waals surface area contributed by atoms with Crippen LogP contribution < -0.4 is 10.1 Å². The van der Waals surface area contributed by atoms with E-state index in [2.05, 4.69) is 5.32 Å². The minimum Gasteiger partial charge on any atom is -0.480 e. The minimum atomic E-state index is -0.717. The van der Waals surface area contributed by atoms with E-state index in [-0.39, 0.29) is 26.7 Å². The average Bonchev–Trinajstić information content (AvgIpc) is 2.63. The zero-order valence-electron chi connectivity index (χ0n) is 15.6. The molecule has 0 radical (unpaired) electrons. The van der Waals surface area contributed by atoms with Crippen LogP contribution in [0.3, 0.4) is 0 Å². The summed E-state index contributed by atoms with van der Waals surface area (Å²) >= 11 is 17.7. The van der Waals surface area contributed by atoms with Crippen LogP contribution in [-0.4, -0.2) is 25.1 Å². The largest absolute Gasteiger partial charge is 0.480 e. The Morgan fingerprint density at radius 2 is 1.71 bits per heavy atom. The zero-order chi connectivity index (χ0) is 20.8. The van der Waals surface area contributed by atoms with Gasteiger partial charge < -0.3 is 14.8 Å². The number of esters is 1. The van der Waals surface area contributed by atoms with E-state index >= 15 is 0 Å². The first-order valence-electron chi connectivity index (χ1n) is 8.51. The number of para-hydroxylation sites is 1. The highest BCUT2D eigenvalue weighted by Gasteiger charge is 2.15. The molecular weight excluding hydrogens is 425 g/mol. The SMILES string of the molecule is Cc1cccc(C(C)C)c1NC(=O)COC(=O)COc1cc(Cl)c(Cl)cc1Cl. The van der Waals surface area contributed by atoms with Gasteiger partial charge in [-0.2, -0.15) is 0 Å². The zero-order valence-corrected chi connectivity index (χ0v) is 17.9. The molecule has 8 heteroatoms. The van der Waals surface area contributed by atoms with Crippen molar-refractivity contribution < 1.29 is 19.1 Å². The number of ether oxygens (including phenoxy) is 2. The molecule has 5 nitrogen and oxygen atoms in total. The highest BCUT2D eigenvalue weighted by atomic mass is 35.5. The van der Waals surface area contributed by atoms with Gasteiger partial charge in [-0.05, 0) is 30.0 Å². The number of halogens is 3. The maximum absolute atomic E-state index is 12.2. The quantitative estimate of drug-likeness (QED) is 0.443. The Hall–Kier alpha value is -1.95. The third-order valence-electron chi connectivity index (χ3n) is 3.88. The minimum absolute atomic E-state index is 0.193. The predicted molar refractivity (Wildman–Crippen MR) is 112 cm³/mol. The summed E-state index contributed by atoms with van der Waals surface area (Å²) in [6, 6.07) is 8.61. The summed E-state index contributed by atoms with van der Waals surface area (Å²) in [7, 11) is 0. The molecule has 1 amide bonds. The van der Waals surface area contributed by atoms with Crippen molar-refractivity contribution in [3.8, 4) is 5.75 Å². The van der Waals surface area contributed by atoms with Crippen LogP contribution in [0.2, 0.25) is 15.1 Å². The molecule has 150 valence electrons. The fraction of sp³-hybridized carbons (Fsp3) is 0.300. The maximum atomic E-state index is 12.2. The molecular formula is C20H20Cl3NO4. The lowest BCUT2D eigenvalue weighted by Crippen LogP contribution is -2.24. The van der Waals surface area contributed by atoms with E-state index < -0.39 is 25.1 Å². The molecule has 0 bridgehead atoms. The molecule has 0 aliphatic rings. The fourth-order valence-electron chi connectivity index (χ4n) is 2.46. The summed E-state index contributed by atoms with van der Waals surface area (Å²) < 4.78 is 10.2. The second-order valence-electron chi connectivity index (χ2n) is 6.39. The van der Waals surface area contributed by atoms with Gasteiger partial charge in [0.25, 0.3) is 5.91 Å². The van der Waals surface area contributed by atoms with Gasteiger partial charge in [0.05, 0.1) is 15.1 Å². The van der Waals surface area contributed by atoms with Crippen LogP contribution in [0.4, 0.5) is 5.69 Å².